The number of hydrogen-bond donors (Lipinski definition) is 1. The Morgan fingerprint density at radius 2 is 2.13 bits per heavy atom. The summed E-state index contributed by atoms with van der Waals surface area (Å²) in [6.45, 7) is 0. The van der Waals surface area contributed by atoms with Gasteiger partial charge in [-0.25, -0.2) is 4.79 Å². The lowest BCUT2D eigenvalue weighted by molar-refractivity contribution is 0.0597. The summed E-state index contributed by atoms with van der Waals surface area (Å²) in [7, 11) is 2.71. The van der Waals surface area contributed by atoms with Gasteiger partial charge in [0, 0.05) is 11.8 Å². The van der Waals surface area contributed by atoms with Gasteiger partial charge >= 0.3 is 12.4 Å². The first-order valence-corrected chi connectivity index (χ1v) is 4.12. The zero-order valence-electron chi connectivity index (χ0n) is 8.37. The van der Waals surface area contributed by atoms with Gasteiger partial charge in [0.2, 0.25) is 0 Å². The Balaban J connectivity index is 3.08. The lowest BCUT2D eigenvalue weighted by atomic mass is 10.2. The number of ether oxygens (including phenoxy) is 2. The number of nitrogens with one attached hydrogen (secondary N) is 1. The molecule has 0 heterocycles. The number of hydrogen-bond acceptors (Lipinski definition) is 4. The average molecular weight is 208 g/mol. The van der Waals surface area contributed by atoms with Crippen LogP contribution in [0.15, 0.2) is 18.2 Å². The van der Waals surface area contributed by atoms with E-state index in [0.29, 0.717) is 17.0 Å². The van der Waals surface area contributed by atoms with Gasteiger partial charge in [-0.3, -0.25) is 4.79 Å². The molecular weight excluding hydrogens is 198 g/mol. The van der Waals surface area contributed by atoms with E-state index in [9.17, 15) is 9.59 Å². The Labute approximate surface area is 87.0 Å². The molecule has 5 nitrogen and oxygen atoms in total. The van der Waals surface area contributed by atoms with E-state index in [1.807, 2.05) is 0 Å². The van der Waals surface area contributed by atoms with Gasteiger partial charge in [-0.05, 0) is 12.1 Å². The maximum atomic E-state index is 11.3. The Bertz CT molecular complexity index is 376. The number of anilines is 1. The molecule has 0 fully saturated rings. The fraction of sp³-hybridized carbons (Fsp3) is 0.200. The van der Waals surface area contributed by atoms with Crippen molar-refractivity contribution in [3.05, 3.63) is 23.8 Å². The van der Waals surface area contributed by atoms with Crippen LogP contribution in [0.3, 0.4) is 0 Å². The van der Waals surface area contributed by atoms with Crippen molar-refractivity contribution in [2.24, 2.45) is 0 Å². The molecule has 0 aliphatic carbocycles. The number of carbonyl (C=O) groups is 1. The van der Waals surface area contributed by atoms with Gasteiger partial charge in [-0.2, -0.15) is 0 Å². The van der Waals surface area contributed by atoms with Crippen molar-refractivity contribution in [3.8, 4) is 5.75 Å². The number of carbonyl (C=O) groups excluding carboxylic acids is 2. The largest absolute Gasteiger partial charge is 0.496 e. The zero-order valence-corrected chi connectivity index (χ0v) is 8.37. The predicted molar refractivity (Wildman–Crippen MR) is 53.6 cm³/mol. The maximum absolute atomic E-state index is 11.3. The number of methoxy groups -OCH3 is 2. The summed E-state index contributed by atoms with van der Waals surface area (Å²) in [5.74, 6) is -0.157. The summed E-state index contributed by atoms with van der Waals surface area (Å²) in [6.07, 6.45) is 1.53. The normalized spacial score (nSPS) is 9.20. The molecule has 0 aliphatic rings. The van der Waals surface area contributed by atoms with Gasteiger partial charge in [0.05, 0.1) is 14.2 Å². The molecule has 0 saturated carbocycles. The van der Waals surface area contributed by atoms with Gasteiger partial charge < -0.3 is 14.8 Å². The highest BCUT2D eigenvalue weighted by Crippen LogP contribution is 2.23. The molecule has 0 atom stereocenters. The van der Waals surface area contributed by atoms with Crippen LogP contribution in [0.2, 0.25) is 0 Å². The van der Waals surface area contributed by atoms with E-state index in [-0.39, 0.29) is 0 Å². The predicted octanol–water partition coefficient (Wildman–Crippen LogP) is 0.961. The fourth-order valence-corrected chi connectivity index (χ4v) is 1.11. The molecule has 0 aliphatic heterocycles. The summed E-state index contributed by atoms with van der Waals surface area (Å²) in [5, 5.41) is 2.33. The smallest absolute Gasteiger partial charge is 0.341 e. The second kappa shape index (κ2) is 4.99. The molecule has 0 bridgehead atoms. The van der Waals surface area contributed by atoms with Crippen LogP contribution in [0.1, 0.15) is 10.4 Å². The average Bonchev–Trinajstić information content (AvgIpc) is 2.28. The van der Waals surface area contributed by atoms with E-state index in [2.05, 4.69) is 10.1 Å². The molecule has 15 heavy (non-hydrogen) atoms. The number of benzene rings is 1. The van der Waals surface area contributed by atoms with E-state index in [0.717, 1.165) is 0 Å². The highest BCUT2D eigenvalue weighted by atomic mass is 16.5. The molecule has 0 spiro atoms. The Morgan fingerprint density at radius 3 is 2.67 bits per heavy atom. The molecule has 0 aromatic heterocycles. The van der Waals surface area contributed by atoms with Gasteiger partial charge in [-0.1, -0.05) is 0 Å². The Kier molecular flexibility index (Phi) is 3.68. The van der Waals surface area contributed by atoms with Crippen molar-refractivity contribution in [3.63, 3.8) is 0 Å². The molecular formula is C10H10NO4. The van der Waals surface area contributed by atoms with Crippen molar-refractivity contribution in [1.82, 2.24) is 0 Å². The molecule has 1 amide bonds. The summed E-state index contributed by atoms with van der Waals surface area (Å²) >= 11 is 0. The molecule has 1 N–H and O–H groups in total. The van der Waals surface area contributed by atoms with Crippen LogP contribution in [0, 0.1) is 0 Å². The van der Waals surface area contributed by atoms with E-state index < -0.39 is 5.97 Å². The van der Waals surface area contributed by atoms with Crippen molar-refractivity contribution >= 4 is 18.1 Å². The summed E-state index contributed by atoms with van der Waals surface area (Å²) in [6, 6.07) is 4.57. The van der Waals surface area contributed by atoms with Gasteiger partial charge in [0.15, 0.2) is 0 Å². The lowest BCUT2D eigenvalue weighted by Crippen LogP contribution is -2.05. The molecule has 0 unspecified atom stereocenters. The molecule has 1 radical (unpaired) electrons. The van der Waals surface area contributed by atoms with Crippen LogP contribution < -0.4 is 10.1 Å². The quantitative estimate of drug-likeness (QED) is 0.591. The van der Waals surface area contributed by atoms with E-state index in [1.54, 1.807) is 6.07 Å². The molecule has 1 aromatic carbocycles. The molecule has 1 rings (SSSR count). The number of amides is 1. The van der Waals surface area contributed by atoms with Gasteiger partial charge in [-0.15, -0.1) is 0 Å². The van der Waals surface area contributed by atoms with Crippen molar-refractivity contribution < 1.29 is 19.1 Å². The summed E-state index contributed by atoms with van der Waals surface area (Å²) in [5.41, 5.74) is 0.797. The van der Waals surface area contributed by atoms with Gasteiger partial charge in [0.25, 0.3) is 0 Å². The summed E-state index contributed by atoms with van der Waals surface area (Å²) < 4.78 is 9.55. The maximum Gasteiger partial charge on any atom is 0.341 e. The molecule has 1 aromatic rings. The van der Waals surface area contributed by atoms with Crippen molar-refractivity contribution in [2.75, 3.05) is 19.5 Å². The van der Waals surface area contributed by atoms with Crippen LogP contribution in [-0.4, -0.2) is 26.6 Å². The minimum absolute atomic E-state index is 0.302. The second-order valence-electron chi connectivity index (χ2n) is 2.63. The minimum Gasteiger partial charge on any atom is -0.496 e. The van der Waals surface area contributed by atoms with Crippen molar-refractivity contribution in [1.29, 1.82) is 0 Å². The number of esters is 1. The van der Waals surface area contributed by atoms with Crippen LogP contribution in [0.4, 0.5) is 5.69 Å². The standard InChI is InChI=1S/C10H10NO4/c1-14-9-5-7(11-6-12)3-4-8(9)10(13)15-2/h3-5H,1-2H3,(H,11,12). The summed E-state index contributed by atoms with van der Waals surface area (Å²) in [4.78, 5) is 21.3. The van der Waals surface area contributed by atoms with Crippen LogP contribution in [-0.2, 0) is 9.53 Å². The van der Waals surface area contributed by atoms with Crippen LogP contribution in [0.25, 0.3) is 0 Å². The Hall–Kier alpha value is -2.04. The van der Waals surface area contributed by atoms with E-state index in [1.165, 1.54) is 32.8 Å². The lowest BCUT2D eigenvalue weighted by Gasteiger charge is -2.07. The second-order valence-corrected chi connectivity index (χ2v) is 2.63. The Morgan fingerprint density at radius 1 is 1.40 bits per heavy atom. The third-order valence-electron chi connectivity index (χ3n) is 1.80. The van der Waals surface area contributed by atoms with E-state index >= 15 is 0 Å². The highest BCUT2D eigenvalue weighted by Gasteiger charge is 2.12. The third-order valence-corrected chi connectivity index (χ3v) is 1.80. The van der Waals surface area contributed by atoms with E-state index in [4.69, 9.17) is 4.74 Å². The first kappa shape index (κ1) is 11.0. The van der Waals surface area contributed by atoms with Crippen LogP contribution in [0.5, 0.6) is 5.75 Å². The topological polar surface area (TPSA) is 64.6 Å². The van der Waals surface area contributed by atoms with Gasteiger partial charge in [0.1, 0.15) is 11.3 Å². The molecule has 0 saturated heterocycles. The third kappa shape index (κ3) is 2.46. The fourth-order valence-electron chi connectivity index (χ4n) is 1.11. The highest BCUT2D eigenvalue weighted by molar-refractivity contribution is 5.93. The monoisotopic (exact) mass is 208 g/mol. The first-order valence-electron chi connectivity index (χ1n) is 4.12. The first-order chi connectivity index (χ1) is 7.22. The SMILES string of the molecule is COC(=O)c1ccc(N[C]=O)cc1OC. The molecule has 79 valence electrons. The minimum atomic E-state index is -0.492. The molecule has 5 heteroatoms. The zero-order chi connectivity index (χ0) is 11.3. The van der Waals surface area contributed by atoms with Crippen molar-refractivity contribution in [2.45, 2.75) is 0 Å². The van der Waals surface area contributed by atoms with Crippen LogP contribution >= 0.6 is 0 Å². The number of rotatable bonds is 4.